The van der Waals surface area contributed by atoms with Gasteiger partial charge < -0.3 is 9.15 Å². The Morgan fingerprint density at radius 2 is 1.87 bits per heavy atom. The summed E-state index contributed by atoms with van der Waals surface area (Å²) < 4.78 is 12.7. The van der Waals surface area contributed by atoms with Gasteiger partial charge in [0.15, 0.2) is 16.8 Å². The molecule has 0 N–H and O–H groups in total. The number of ketones is 1. The fourth-order valence-corrected chi connectivity index (χ4v) is 3.86. The molecule has 0 saturated carbocycles. The lowest BCUT2D eigenvalue weighted by atomic mass is 10.1. The fourth-order valence-electron chi connectivity index (χ4n) is 2.90. The Kier molecular flexibility index (Phi) is 6.21. The van der Waals surface area contributed by atoms with E-state index in [0.29, 0.717) is 28.1 Å². The van der Waals surface area contributed by atoms with E-state index in [2.05, 4.69) is 10.2 Å². The van der Waals surface area contributed by atoms with Crippen LogP contribution in [0.1, 0.15) is 16.1 Å². The lowest BCUT2D eigenvalue weighted by Gasteiger charge is -2.09. The number of carbonyl (C=O) groups is 1. The number of hydrogen-bond acceptors (Lipinski definition) is 6. The predicted molar refractivity (Wildman–Crippen MR) is 116 cm³/mol. The highest BCUT2D eigenvalue weighted by Gasteiger charge is 2.17. The number of nitrogens with zero attached hydrogens (tertiary/aromatic N) is 3. The molecule has 2 aromatic carbocycles. The van der Waals surface area contributed by atoms with Crippen LogP contribution in [0.2, 0.25) is 5.02 Å². The van der Waals surface area contributed by atoms with Crippen LogP contribution in [-0.4, -0.2) is 33.4 Å². The molecule has 2 heterocycles. The maximum absolute atomic E-state index is 12.6. The van der Waals surface area contributed by atoms with Gasteiger partial charge in [-0.3, -0.25) is 9.36 Å². The van der Waals surface area contributed by atoms with E-state index in [-0.39, 0.29) is 11.5 Å². The summed E-state index contributed by atoms with van der Waals surface area (Å²) in [6.45, 7) is 0.457. The van der Waals surface area contributed by atoms with Crippen molar-refractivity contribution < 1.29 is 13.9 Å². The number of Topliss-reactive ketones (excluding diaryl/α,β-unsaturated/α-hetero) is 1. The lowest BCUT2D eigenvalue weighted by molar-refractivity contribution is 0.102. The molecule has 4 rings (SSSR count). The summed E-state index contributed by atoms with van der Waals surface area (Å²) in [5.41, 5.74) is 1.50. The molecule has 8 heteroatoms. The number of benzene rings is 2. The van der Waals surface area contributed by atoms with Gasteiger partial charge in [0.1, 0.15) is 11.5 Å². The number of methoxy groups -OCH3 is 1. The summed E-state index contributed by atoms with van der Waals surface area (Å²) in [7, 11) is 1.63. The van der Waals surface area contributed by atoms with Crippen LogP contribution < -0.4 is 4.74 Å². The van der Waals surface area contributed by atoms with E-state index in [1.807, 2.05) is 41.0 Å². The van der Waals surface area contributed by atoms with Gasteiger partial charge in [-0.1, -0.05) is 23.4 Å². The summed E-state index contributed by atoms with van der Waals surface area (Å²) in [5.74, 6) is 2.46. The minimum absolute atomic E-state index is 0.00443. The zero-order chi connectivity index (χ0) is 20.9. The number of hydrogen-bond donors (Lipinski definition) is 0. The van der Waals surface area contributed by atoms with Crippen LogP contribution >= 0.6 is 23.4 Å². The molecule has 152 valence electrons. The van der Waals surface area contributed by atoms with Crippen molar-refractivity contribution in [1.82, 2.24) is 14.8 Å². The highest BCUT2D eigenvalue weighted by molar-refractivity contribution is 7.99. The number of halogens is 1. The molecule has 30 heavy (non-hydrogen) atoms. The maximum atomic E-state index is 12.6. The topological polar surface area (TPSA) is 70.2 Å². The van der Waals surface area contributed by atoms with Gasteiger partial charge in [0.05, 0.1) is 25.7 Å². The Hall–Kier alpha value is -3.03. The molecule has 0 fully saturated rings. The molecule has 0 amide bonds. The summed E-state index contributed by atoms with van der Waals surface area (Å²) >= 11 is 7.24. The Bertz CT molecular complexity index is 1120. The number of carbonyl (C=O) groups excluding carboxylic acids is 1. The second-order valence-corrected chi connectivity index (χ2v) is 7.80. The fraction of sp³-hybridized carbons (Fsp3) is 0.136. The molecule has 0 radical (unpaired) electrons. The van der Waals surface area contributed by atoms with Crippen LogP contribution in [0.3, 0.4) is 0 Å². The van der Waals surface area contributed by atoms with Gasteiger partial charge in [0.25, 0.3) is 0 Å². The van der Waals surface area contributed by atoms with Crippen molar-refractivity contribution in [3.63, 3.8) is 0 Å². The third-order valence-electron chi connectivity index (χ3n) is 4.46. The smallest absolute Gasteiger partial charge is 0.192 e. The monoisotopic (exact) mass is 439 g/mol. The van der Waals surface area contributed by atoms with Gasteiger partial charge in [-0.2, -0.15) is 0 Å². The summed E-state index contributed by atoms with van der Waals surface area (Å²) in [6, 6.07) is 18.2. The first-order valence-corrected chi connectivity index (χ1v) is 10.5. The Labute approximate surface area is 182 Å². The van der Waals surface area contributed by atoms with Crippen molar-refractivity contribution in [2.24, 2.45) is 0 Å². The van der Waals surface area contributed by atoms with E-state index >= 15 is 0 Å². The third kappa shape index (κ3) is 4.58. The highest BCUT2D eigenvalue weighted by atomic mass is 35.5. The molecule has 0 spiro atoms. The van der Waals surface area contributed by atoms with Crippen LogP contribution in [-0.2, 0) is 6.54 Å². The lowest BCUT2D eigenvalue weighted by Crippen LogP contribution is -2.06. The van der Waals surface area contributed by atoms with Gasteiger partial charge in [0.2, 0.25) is 0 Å². The highest BCUT2D eigenvalue weighted by Crippen LogP contribution is 2.27. The van der Waals surface area contributed by atoms with Crippen LogP contribution in [0.25, 0.3) is 11.4 Å². The van der Waals surface area contributed by atoms with Gasteiger partial charge >= 0.3 is 0 Å². The van der Waals surface area contributed by atoms with E-state index in [1.54, 1.807) is 37.6 Å². The minimum Gasteiger partial charge on any atom is -0.497 e. The average Bonchev–Trinajstić information content (AvgIpc) is 3.43. The number of ether oxygens (including phenoxy) is 1. The van der Waals surface area contributed by atoms with Crippen LogP contribution in [0, 0.1) is 0 Å². The third-order valence-corrected chi connectivity index (χ3v) is 5.68. The standard InChI is InChI=1S/C22H18ClN3O3S/c1-28-18-10-6-16(7-11-18)21-24-25-22(26(21)13-19-3-2-12-29-19)30-14-20(27)15-4-8-17(23)9-5-15/h2-12H,13-14H2,1H3. The minimum atomic E-state index is -0.00443. The van der Waals surface area contributed by atoms with Crippen molar-refractivity contribution in [2.45, 2.75) is 11.7 Å². The van der Waals surface area contributed by atoms with Crippen LogP contribution in [0.4, 0.5) is 0 Å². The molecule has 0 atom stereocenters. The first-order chi connectivity index (χ1) is 14.6. The predicted octanol–water partition coefficient (Wildman–Crippen LogP) is 5.22. The summed E-state index contributed by atoms with van der Waals surface area (Å²) in [4.78, 5) is 12.6. The number of thioether (sulfide) groups is 1. The molecule has 0 aliphatic heterocycles. The molecular formula is C22H18ClN3O3S. The number of furan rings is 1. The molecule has 2 aromatic heterocycles. The molecule has 0 bridgehead atoms. The Morgan fingerprint density at radius 3 is 2.53 bits per heavy atom. The molecule has 0 aliphatic carbocycles. The van der Waals surface area contributed by atoms with Gasteiger partial charge in [-0.25, -0.2) is 0 Å². The van der Waals surface area contributed by atoms with E-state index in [0.717, 1.165) is 17.1 Å². The quantitative estimate of drug-likeness (QED) is 0.277. The van der Waals surface area contributed by atoms with Crippen LogP contribution in [0.5, 0.6) is 5.75 Å². The normalized spacial score (nSPS) is 10.9. The van der Waals surface area contributed by atoms with Crippen molar-refractivity contribution in [1.29, 1.82) is 0 Å². The largest absolute Gasteiger partial charge is 0.497 e. The Balaban J connectivity index is 1.59. The zero-order valence-electron chi connectivity index (χ0n) is 16.1. The van der Waals surface area contributed by atoms with Crippen molar-refractivity contribution in [2.75, 3.05) is 12.9 Å². The van der Waals surface area contributed by atoms with Gasteiger partial charge in [-0.05, 0) is 60.7 Å². The zero-order valence-corrected chi connectivity index (χ0v) is 17.7. The van der Waals surface area contributed by atoms with E-state index in [9.17, 15) is 4.79 Å². The van der Waals surface area contributed by atoms with Gasteiger partial charge in [0, 0.05) is 16.1 Å². The summed E-state index contributed by atoms with van der Waals surface area (Å²) in [6.07, 6.45) is 1.63. The first kappa shape index (κ1) is 20.3. The Morgan fingerprint density at radius 1 is 1.10 bits per heavy atom. The SMILES string of the molecule is COc1ccc(-c2nnc(SCC(=O)c3ccc(Cl)cc3)n2Cc2ccco2)cc1. The number of rotatable bonds is 8. The second-order valence-electron chi connectivity index (χ2n) is 6.42. The van der Waals surface area contributed by atoms with Crippen molar-refractivity contribution in [3.8, 4) is 17.1 Å². The van der Waals surface area contributed by atoms with E-state index in [1.165, 1.54) is 11.8 Å². The van der Waals surface area contributed by atoms with E-state index in [4.69, 9.17) is 20.8 Å². The van der Waals surface area contributed by atoms with Crippen molar-refractivity contribution >= 4 is 29.1 Å². The average molecular weight is 440 g/mol. The molecule has 0 unspecified atom stereocenters. The molecule has 4 aromatic rings. The molecule has 0 saturated heterocycles. The maximum Gasteiger partial charge on any atom is 0.192 e. The molecular weight excluding hydrogens is 422 g/mol. The van der Waals surface area contributed by atoms with E-state index < -0.39 is 0 Å². The van der Waals surface area contributed by atoms with Gasteiger partial charge in [-0.15, -0.1) is 10.2 Å². The summed E-state index contributed by atoms with van der Waals surface area (Å²) in [5, 5.41) is 9.93. The van der Waals surface area contributed by atoms with Crippen molar-refractivity contribution in [3.05, 3.63) is 83.3 Å². The molecule has 0 aliphatic rings. The number of aromatic nitrogens is 3. The molecule has 6 nitrogen and oxygen atoms in total. The first-order valence-electron chi connectivity index (χ1n) is 9.15. The van der Waals surface area contributed by atoms with Crippen LogP contribution in [0.15, 0.2) is 76.5 Å². The second kappa shape index (κ2) is 9.19.